The summed E-state index contributed by atoms with van der Waals surface area (Å²) in [5, 5.41) is 13.5. The maximum atomic E-state index is 10.9. The van der Waals surface area contributed by atoms with Gasteiger partial charge >= 0.3 is 5.97 Å². The van der Waals surface area contributed by atoms with Crippen molar-refractivity contribution in [2.24, 2.45) is 0 Å². The second-order valence-corrected chi connectivity index (χ2v) is 4.89. The SMILES string of the molecule is C[C@@]1(NC=O)C[C@@H]1c1sccc1C(=O)O. The van der Waals surface area contributed by atoms with E-state index in [0.717, 1.165) is 11.3 Å². The van der Waals surface area contributed by atoms with Gasteiger partial charge in [0.25, 0.3) is 0 Å². The summed E-state index contributed by atoms with van der Waals surface area (Å²) in [5.41, 5.74) is 0.109. The zero-order valence-electron chi connectivity index (χ0n) is 8.19. The molecular weight excluding hydrogens is 214 g/mol. The molecule has 0 unspecified atom stereocenters. The molecule has 1 aliphatic rings. The molecule has 1 saturated carbocycles. The summed E-state index contributed by atoms with van der Waals surface area (Å²) in [6.07, 6.45) is 1.49. The Morgan fingerprint density at radius 2 is 2.53 bits per heavy atom. The zero-order valence-corrected chi connectivity index (χ0v) is 9.00. The third-order valence-electron chi connectivity index (χ3n) is 2.87. The third-order valence-corrected chi connectivity index (χ3v) is 3.90. The first-order chi connectivity index (χ1) is 7.08. The molecular formula is C10H11NO3S. The van der Waals surface area contributed by atoms with Crippen molar-refractivity contribution >= 4 is 23.7 Å². The van der Waals surface area contributed by atoms with Crippen LogP contribution in [0, 0.1) is 0 Å². The summed E-state index contributed by atoms with van der Waals surface area (Å²) in [5.74, 6) is -0.750. The van der Waals surface area contributed by atoms with Crippen LogP contribution in [-0.4, -0.2) is 23.0 Å². The van der Waals surface area contributed by atoms with Crippen LogP contribution in [0.5, 0.6) is 0 Å². The number of nitrogens with one attached hydrogen (secondary N) is 1. The molecule has 1 heterocycles. The van der Waals surface area contributed by atoms with E-state index in [2.05, 4.69) is 5.32 Å². The van der Waals surface area contributed by atoms with Crippen molar-refractivity contribution in [3.8, 4) is 0 Å². The molecule has 1 amide bonds. The zero-order chi connectivity index (χ0) is 11.1. The molecule has 0 aromatic carbocycles. The molecule has 15 heavy (non-hydrogen) atoms. The first-order valence-electron chi connectivity index (χ1n) is 4.60. The molecule has 0 bridgehead atoms. The predicted octanol–water partition coefficient (Wildman–Crippen LogP) is 1.44. The highest BCUT2D eigenvalue weighted by molar-refractivity contribution is 7.10. The second kappa shape index (κ2) is 3.34. The van der Waals surface area contributed by atoms with E-state index in [0.29, 0.717) is 12.0 Å². The number of hydrogen-bond donors (Lipinski definition) is 2. The van der Waals surface area contributed by atoms with Gasteiger partial charge in [0.05, 0.1) is 5.56 Å². The van der Waals surface area contributed by atoms with E-state index in [1.54, 1.807) is 11.4 Å². The van der Waals surface area contributed by atoms with Crippen molar-refractivity contribution < 1.29 is 14.7 Å². The third kappa shape index (κ3) is 1.63. The van der Waals surface area contributed by atoms with Crippen LogP contribution >= 0.6 is 11.3 Å². The molecule has 80 valence electrons. The molecule has 5 heteroatoms. The van der Waals surface area contributed by atoms with E-state index < -0.39 is 5.97 Å². The standard InChI is InChI=1S/C10H11NO3S/c1-10(11-5-12)4-7(10)8-6(9(13)14)2-3-15-8/h2-3,5,7H,4H2,1H3,(H,11,12)(H,13,14)/t7-,10-/m1/s1. The van der Waals surface area contributed by atoms with Crippen LogP contribution in [0.25, 0.3) is 0 Å². The van der Waals surface area contributed by atoms with Gasteiger partial charge in [-0.15, -0.1) is 11.3 Å². The molecule has 0 aliphatic heterocycles. The van der Waals surface area contributed by atoms with Gasteiger partial charge in [-0.3, -0.25) is 4.79 Å². The number of amides is 1. The Kier molecular flexibility index (Phi) is 2.26. The monoisotopic (exact) mass is 225 g/mol. The fourth-order valence-electron chi connectivity index (χ4n) is 1.81. The van der Waals surface area contributed by atoms with Crippen LogP contribution in [0.4, 0.5) is 0 Å². The second-order valence-electron chi connectivity index (χ2n) is 3.94. The fraction of sp³-hybridized carbons (Fsp3) is 0.400. The summed E-state index contributed by atoms with van der Waals surface area (Å²) < 4.78 is 0. The van der Waals surface area contributed by atoms with Crippen LogP contribution in [0.1, 0.15) is 34.5 Å². The Bertz CT molecular complexity index is 415. The predicted molar refractivity (Wildman–Crippen MR) is 56.2 cm³/mol. The number of rotatable bonds is 4. The van der Waals surface area contributed by atoms with E-state index in [9.17, 15) is 9.59 Å². The average molecular weight is 225 g/mol. The van der Waals surface area contributed by atoms with Crippen molar-refractivity contribution in [2.45, 2.75) is 24.8 Å². The number of thiophene rings is 1. The number of aromatic carboxylic acids is 1. The summed E-state index contributed by atoms with van der Waals surface area (Å²) in [6.45, 7) is 1.93. The molecule has 1 aromatic rings. The lowest BCUT2D eigenvalue weighted by atomic mass is 10.1. The van der Waals surface area contributed by atoms with Crippen molar-refractivity contribution in [3.63, 3.8) is 0 Å². The van der Waals surface area contributed by atoms with E-state index >= 15 is 0 Å². The van der Waals surface area contributed by atoms with Gasteiger partial charge in [0, 0.05) is 16.3 Å². The lowest BCUT2D eigenvalue weighted by molar-refractivity contribution is -0.110. The number of carboxylic acids is 1. The normalized spacial score (nSPS) is 28.5. The van der Waals surface area contributed by atoms with Crippen molar-refractivity contribution in [1.29, 1.82) is 0 Å². The van der Waals surface area contributed by atoms with Gasteiger partial charge < -0.3 is 10.4 Å². The average Bonchev–Trinajstić information content (AvgIpc) is 2.65. The van der Waals surface area contributed by atoms with Gasteiger partial charge in [-0.05, 0) is 24.8 Å². The Balaban J connectivity index is 2.23. The van der Waals surface area contributed by atoms with Crippen molar-refractivity contribution in [3.05, 3.63) is 21.9 Å². The first-order valence-corrected chi connectivity index (χ1v) is 5.48. The number of hydrogen-bond acceptors (Lipinski definition) is 3. The molecule has 1 aromatic heterocycles. The maximum absolute atomic E-state index is 10.9. The minimum atomic E-state index is -0.897. The van der Waals surface area contributed by atoms with E-state index in [4.69, 9.17) is 5.11 Å². The van der Waals surface area contributed by atoms with Gasteiger partial charge in [0.1, 0.15) is 0 Å². The minimum Gasteiger partial charge on any atom is -0.478 e. The Morgan fingerprint density at radius 3 is 3.13 bits per heavy atom. The van der Waals surface area contributed by atoms with Crippen LogP contribution in [0.3, 0.4) is 0 Å². The quantitative estimate of drug-likeness (QED) is 0.762. The lowest BCUT2D eigenvalue weighted by Crippen LogP contribution is -2.28. The first kappa shape index (κ1) is 10.2. The Morgan fingerprint density at radius 1 is 1.80 bits per heavy atom. The lowest BCUT2D eigenvalue weighted by Gasteiger charge is -2.08. The number of carboxylic acid groups (broad SMARTS) is 1. The molecule has 1 aliphatic carbocycles. The Hall–Kier alpha value is -1.36. The molecule has 2 atom stereocenters. The smallest absolute Gasteiger partial charge is 0.336 e. The topological polar surface area (TPSA) is 66.4 Å². The molecule has 4 nitrogen and oxygen atoms in total. The minimum absolute atomic E-state index is 0.147. The van der Waals surface area contributed by atoms with E-state index in [-0.39, 0.29) is 11.5 Å². The molecule has 0 spiro atoms. The number of carbonyl (C=O) groups is 2. The van der Waals surface area contributed by atoms with Crippen LogP contribution in [-0.2, 0) is 4.79 Å². The van der Waals surface area contributed by atoms with Crippen LogP contribution in [0.2, 0.25) is 0 Å². The molecule has 1 fully saturated rings. The molecule has 0 saturated heterocycles. The summed E-state index contributed by atoms with van der Waals surface area (Å²) >= 11 is 1.44. The fourth-order valence-corrected chi connectivity index (χ4v) is 2.95. The van der Waals surface area contributed by atoms with Gasteiger partial charge in [0.2, 0.25) is 6.41 Å². The highest BCUT2D eigenvalue weighted by atomic mass is 32.1. The van der Waals surface area contributed by atoms with E-state index in [1.165, 1.54) is 11.3 Å². The highest BCUT2D eigenvalue weighted by Gasteiger charge is 2.52. The van der Waals surface area contributed by atoms with E-state index in [1.807, 2.05) is 6.92 Å². The van der Waals surface area contributed by atoms with Crippen molar-refractivity contribution in [2.75, 3.05) is 0 Å². The van der Waals surface area contributed by atoms with Gasteiger partial charge in [-0.25, -0.2) is 4.79 Å². The largest absolute Gasteiger partial charge is 0.478 e. The highest BCUT2D eigenvalue weighted by Crippen LogP contribution is 2.53. The Labute approximate surface area is 90.9 Å². The van der Waals surface area contributed by atoms with Gasteiger partial charge in [0.15, 0.2) is 0 Å². The van der Waals surface area contributed by atoms with Crippen LogP contribution in [0.15, 0.2) is 11.4 Å². The number of carbonyl (C=O) groups excluding carboxylic acids is 1. The molecule has 0 radical (unpaired) electrons. The van der Waals surface area contributed by atoms with Gasteiger partial charge in [-0.1, -0.05) is 0 Å². The van der Waals surface area contributed by atoms with Gasteiger partial charge in [-0.2, -0.15) is 0 Å². The molecule has 2 N–H and O–H groups in total. The summed E-state index contributed by atoms with van der Waals surface area (Å²) in [7, 11) is 0. The maximum Gasteiger partial charge on any atom is 0.336 e. The van der Waals surface area contributed by atoms with Crippen molar-refractivity contribution in [1.82, 2.24) is 5.32 Å². The summed E-state index contributed by atoms with van der Waals surface area (Å²) in [4.78, 5) is 22.1. The van der Waals surface area contributed by atoms with Crippen LogP contribution < -0.4 is 5.32 Å². The molecule has 2 rings (SSSR count). The summed E-state index contributed by atoms with van der Waals surface area (Å²) in [6, 6.07) is 1.61.